The summed E-state index contributed by atoms with van der Waals surface area (Å²) >= 11 is 0. The molecule has 0 bridgehead atoms. The van der Waals surface area contributed by atoms with Gasteiger partial charge < -0.3 is 29.6 Å². The number of anilines is 1. The van der Waals surface area contributed by atoms with E-state index in [1.165, 1.54) is 0 Å². The molecule has 152 valence electrons. The Morgan fingerprint density at radius 1 is 1.04 bits per heavy atom. The number of fused-ring (bicyclic) bond motifs is 1. The third-order valence-corrected chi connectivity index (χ3v) is 4.10. The summed E-state index contributed by atoms with van der Waals surface area (Å²) in [5.41, 5.74) is 2.03. The third-order valence-electron chi connectivity index (χ3n) is 4.10. The van der Waals surface area contributed by atoms with E-state index in [1.54, 1.807) is 14.2 Å². The first kappa shape index (κ1) is 21.9. The summed E-state index contributed by atoms with van der Waals surface area (Å²) in [6.45, 7) is 3.73. The van der Waals surface area contributed by atoms with Gasteiger partial charge in [-0.05, 0) is 43.2 Å². The zero-order chi connectivity index (χ0) is 19.1. The van der Waals surface area contributed by atoms with Gasteiger partial charge in [0.2, 0.25) is 6.79 Å². The van der Waals surface area contributed by atoms with E-state index in [0.717, 1.165) is 35.7 Å². The van der Waals surface area contributed by atoms with E-state index in [2.05, 4.69) is 15.6 Å². The molecule has 0 aliphatic carbocycles. The Hall–Kier alpha value is -2.36. The lowest BCUT2D eigenvalue weighted by Gasteiger charge is -2.14. The van der Waals surface area contributed by atoms with Crippen LogP contribution in [0, 0.1) is 0 Å². The van der Waals surface area contributed by atoms with Crippen LogP contribution in [0.1, 0.15) is 12.5 Å². The van der Waals surface area contributed by atoms with Crippen molar-refractivity contribution in [1.82, 2.24) is 5.32 Å². The summed E-state index contributed by atoms with van der Waals surface area (Å²) in [4.78, 5) is 4.65. The zero-order valence-corrected chi connectivity index (χ0v) is 18.6. The van der Waals surface area contributed by atoms with Gasteiger partial charge >= 0.3 is 0 Å². The topological polar surface area (TPSA) is 73.3 Å². The van der Waals surface area contributed by atoms with Crippen molar-refractivity contribution in [3.05, 3.63) is 42.0 Å². The van der Waals surface area contributed by atoms with Gasteiger partial charge in [0.15, 0.2) is 29.0 Å². The van der Waals surface area contributed by atoms with E-state index in [4.69, 9.17) is 18.9 Å². The van der Waals surface area contributed by atoms with Crippen LogP contribution < -0.4 is 29.6 Å². The molecule has 7 nitrogen and oxygen atoms in total. The summed E-state index contributed by atoms with van der Waals surface area (Å²) in [6, 6.07) is 11.6. The molecule has 3 rings (SSSR count). The number of methoxy groups -OCH3 is 2. The lowest BCUT2D eigenvalue weighted by atomic mass is 10.1. The molecule has 2 aromatic rings. The number of ether oxygens (including phenoxy) is 4. The highest BCUT2D eigenvalue weighted by atomic mass is 127. The molecular formula is C20H26IN3O4. The number of guanidine groups is 1. The molecule has 0 atom stereocenters. The quantitative estimate of drug-likeness (QED) is 0.344. The fourth-order valence-electron chi connectivity index (χ4n) is 2.75. The maximum Gasteiger partial charge on any atom is 0.231 e. The van der Waals surface area contributed by atoms with Crippen molar-refractivity contribution in [2.24, 2.45) is 4.99 Å². The van der Waals surface area contributed by atoms with E-state index in [0.29, 0.717) is 24.0 Å². The molecule has 0 fully saturated rings. The van der Waals surface area contributed by atoms with Gasteiger partial charge in [-0.25, -0.2) is 0 Å². The van der Waals surface area contributed by atoms with E-state index in [-0.39, 0.29) is 30.8 Å². The summed E-state index contributed by atoms with van der Waals surface area (Å²) in [7, 11) is 3.24. The molecule has 0 spiro atoms. The molecule has 0 saturated heterocycles. The van der Waals surface area contributed by atoms with Crippen LogP contribution in [0.4, 0.5) is 5.69 Å². The fourth-order valence-corrected chi connectivity index (χ4v) is 2.75. The van der Waals surface area contributed by atoms with Crippen LogP contribution in [0.2, 0.25) is 0 Å². The molecule has 8 heteroatoms. The van der Waals surface area contributed by atoms with Crippen LogP contribution >= 0.6 is 24.0 Å². The second-order valence-electron chi connectivity index (χ2n) is 5.89. The first-order chi connectivity index (χ1) is 13.2. The number of hydrogen-bond acceptors (Lipinski definition) is 5. The van der Waals surface area contributed by atoms with Crippen LogP contribution in [-0.4, -0.2) is 40.1 Å². The van der Waals surface area contributed by atoms with Gasteiger partial charge in [-0.1, -0.05) is 6.07 Å². The van der Waals surface area contributed by atoms with Crippen molar-refractivity contribution < 1.29 is 18.9 Å². The predicted octanol–water partition coefficient (Wildman–Crippen LogP) is 3.67. The molecule has 2 N–H and O–H groups in total. The molecule has 0 amide bonds. The van der Waals surface area contributed by atoms with Crippen molar-refractivity contribution in [1.29, 1.82) is 0 Å². The number of hydrogen-bond donors (Lipinski definition) is 2. The Morgan fingerprint density at radius 3 is 2.57 bits per heavy atom. The van der Waals surface area contributed by atoms with Gasteiger partial charge in [0.05, 0.1) is 14.2 Å². The number of rotatable bonds is 7. The normalized spacial score (nSPS) is 12.2. The van der Waals surface area contributed by atoms with Gasteiger partial charge in [-0.3, -0.25) is 4.99 Å². The second kappa shape index (κ2) is 10.8. The highest BCUT2D eigenvalue weighted by molar-refractivity contribution is 14.0. The largest absolute Gasteiger partial charge is 0.493 e. The van der Waals surface area contributed by atoms with Crippen molar-refractivity contribution >= 4 is 35.6 Å². The Labute approximate surface area is 182 Å². The van der Waals surface area contributed by atoms with Crippen LogP contribution in [0.15, 0.2) is 41.4 Å². The van der Waals surface area contributed by atoms with Crippen molar-refractivity contribution in [3.8, 4) is 23.0 Å². The maximum absolute atomic E-state index is 5.42. The molecule has 2 aromatic carbocycles. The lowest BCUT2D eigenvalue weighted by molar-refractivity contribution is 0.174. The first-order valence-electron chi connectivity index (χ1n) is 8.89. The van der Waals surface area contributed by atoms with Crippen molar-refractivity contribution in [2.45, 2.75) is 13.3 Å². The minimum Gasteiger partial charge on any atom is -0.493 e. The van der Waals surface area contributed by atoms with Crippen molar-refractivity contribution in [3.63, 3.8) is 0 Å². The Morgan fingerprint density at radius 2 is 1.82 bits per heavy atom. The molecular weight excluding hydrogens is 473 g/mol. The van der Waals surface area contributed by atoms with Crippen LogP contribution in [-0.2, 0) is 6.42 Å². The van der Waals surface area contributed by atoms with E-state index < -0.39 is 0 Å². The highest BCUT2D eigenvalue weighted by Crippen LogP contribution is 2.32. The predicted molar refractivity (Wildman–Crippen MR) is 121 cm³/mol. The molecule has 1 heterocycles. The molecule has 0 unspecified atom stereocenters. The minimum absolute atomic E-state index is 0. The first-order valence-corrected chi connectivity index (χ1v) is 8.89. The summed E-state index contributed by atoms with van der Waals surface area (Å²) in [6.07, 6.45) is 0.805. The lowest BCUT2D eigenvalue weighted by Crippen LogP contribution is -2.30. The van der Waals surface area contributed by atoms with Gasteiger partial charge in [0, 0.05) is 24.8 Å². The van der Waals surface area contributed by atoms with Crippen LogP contribution in [0.3, 0.4) is 0 Å². The number of nitrogens with one attached hydrogen (secondary N) is 2. The van der Waals surface area contributed by atoms with Crippen LogP contribution in [0.25, 0.3) is 0 Å². The monoisotopic (exact) mass is 499 g/mol. The fraction of sp³-hybridized carbons (Fsp3) is 0.350. The molecule has 28 heavy (non-hydrogen) atoms. The minimum atomic E-state index is 0. The van der Waals surface area contributed by atoms with Gasteiger partial charge in [-0.2, -0.15) is 0 Å². The molecule has 1 aliphatic heterocycles. The molecule has 0 saturated carbocycles. The van der Waals surface area contributed by atoms with Gasteiger partial charge in [-0.15, -0.1) is 24.0 Å². The second-order valence-corrected chi connectivity index (χ2v) is 5.89. The molecule has 1 aliphatic rings. The van der Waals surface area contributed by atoms with E-state index in [9.17, 15) is 0 Å². The smallest absolute Gasteiger partial charge is 0.231 e. The Balaban J connectivity index is 0.00000280. The summed E-state index contributed by atoms with van der Waals surface area (Å²) in [5, 5.41) is 6.54. The summed E-state index contributed by atoms with van der Waals surface area (Å²) < 4.78 is 21.4. The average Bonchev–Trinajstić information content (AvgIpc) is 3.16. The number of benzene rings is 2. The summed E-state index contributed by atoms with van der Waals surface area (Å²) in [5.74, 6) is 3.66. The van der Waals surface area contributed by atoms with Crippen LogP contribution in [0.5, 0.6) is 23.0 Å². The standard InChI is InChI=1S/C20H25N3O4.HI/c1-4-21-20(23-15-6-8-16(24-2)18(12-15)25-3)22-10-9-14-5-7-17-19(11-14)27-13-26-17;/h5-8,11-12H,4,9-10,13H2,1-3H3,(H2,21,22,23);1H. The molecule has 0 aromatic heterocycles. The average molecular weight is 499 g/mol. The van der Waals surface area contributed by atoms with Gasteiger partial charge in [0.1, 0.15) is 0 Å². The SMILES string of the molecule is CCNC(=NCCc1ccc2c(c1)OCO2)Nc1ccc(OC)c(OC)c1.I. The van der Waals surface area contributed by atoms with E-state index >= 15 is 0 Å². The van der Waals surface area contributed by atoms with E-state index in [1.807, 2.05) is 43.3 Å². The number of nitrogens with zero attached hydrogens (tertiary/aromatic N) is 1. The van der Waals surface area contributed by atoms with Gasteiger partial charge in [0.25, 0.3) is 0 Å². The highest BCUT2D eigenvalue weighted by Gasteiger charge is 2.13. The number of halogens is 1. The zero-order valence-electron chi connectivity index (χ0n) is 16.3. The Kier molecular flexibility index (Phi) is 8.49. The van der Waals surface area contributed by atoms with Crippen molar-refractivity contribution in [2.75, 3.05) is 39.4 Å². The molecule has 0 radical (unpaired) electrons. The Bertz CT molecular complexity index is 814. The maximum atomic E-state index is 5.42. The number of aliphatic imine (C=N–C) groups is 1. The third kappa shape index (κ3) is 5.57.